The smallest absolute Gasteiger partial charge is 0.744 e. The van der Waals surface area contributed by atoms with Gasteiger partial charge >= 0.3 is 59.1 Å². The van der Waals surface area contributed by atoms with Crippen LogP contribution < -0.4 is 69.0 Å². The standard InChI is InChI=1S/C27H21NO6S.2Na/c1-34-24-13-11-19(14-25(24)35(31,32)33)22-15-23(17-6-8-18(9-7-17)27(29)30)28-26-20-5-3-2-4-16(20)10-12-21(22)26;;/h2-9,11,13-15H,10,12H2,1H3,(H,29,30)(H,31,32,33);;/q;2*+1/p-2. The predicted octanol–water partition coefficient (Wildman–Crippen LogP) is -2.53. The van der Waals surface area contributed by atoms with Crippen LogP contribution in [0.2, 0.25) is 0 Å². The first-order valence-electron chi connectivity index (χ1n) is 10.8. The fourth-order valence-electron chi connectivity index (χ4n) is 4.50. The van der Waals surface area contributed by atoms with Gasteiger partial charge in [-0.1, -0.05) is 54.6 Å². The SMILES string of the molecule is COc1ccc(-c2cc(-c3ccc(C(=O)[O-])cc3)nc3c2CCc2ccccc2-3)cc1S(=O)(=O)[O-].[Na+].[Na+]. The van der Waals surface area contributed by atoms with E-state index >= 15 is 0 Å². The van der Waals surface area contributed by atoms with Crippen molar-refractivity contribution in [1.29, 1.82) is 0 Å². The minimum Gasteiger partial charge on any atom is -0.744 e. The van der Waals surface area contributed by atoms with E-state index in [1.54, 1.807) is 18.2 Å². The van der Waals surface area contributed by atoms with Crippen LogP contribution in [0.5, 0.6) is 5.75 Å². The Morgan fingerprint density at radius 1 is 0.892 bits per heavy atom. The van der Waals surface area contributed by atoms with Gasteiger partial charge in [-0.15, -0.1) is 0 Å². The van der Waals surface area contributed by atoms with Crippen LogP contribution in [0.4, 0.5) is 0 Å². The Morgan fingerprint density at radius 2 is 1.57 bits per heavy atom. The fourth-order valence-corrected chi connectivity index (χ4v) is 5.17. The quantitative estimate of drug-likeness (QED) is 0.206. The molecule has 1 aromatic heterocycles. The summed E-state index contributed by atoms with van der Waals surface area (Å²) in [4.78, 5) is 15.7. The van der Waals surface area contributed by atoms with Gasteiger partial charge in [0.15, 0.2) is 0 Å². The van der Waals surface area contributed by atoms with Crippen LogP contribution in [0.1, 0.15) is 21.5 Å². The molecule has 0 saturated heterocycles. The molecule has 0 bridgehead atoms. The van der Waals surface area contributed by atoms with Gasteiger partial charge in [0.2, 0.25) is 0 Å². The molecule has 1 aliphatic rings. The van der Waals surface area contributed by atoms with Gasteiger partial charge < -0.3 is 19.2 Å². The summed E-state index contributed by atoms with van der Waals surface area (Å²) < 4.78 is 40.9. The molecule has 0 atom stereocenters. The monoisotopic (exact) mass is 531 g/mol. The number of ether oxygens (including phenoxy) is 1. The van der Waals surface area contributed by atoms with Crippen molar-refractivity contribution in [2.24, 2.45) is 0 Å². The molecule has 5 rings (SSSR count). The number of aromatic nitrogens is 1. The van der Waals surface area contributed by atoms with E-state index in [9.17, 15) is 22.9 Å². The third-order valence-electron chi connectivity index (χ3n) is 6.20. The number of aryl methyl sites for hydroxylation is 1. The van der Waals surface area contributed by atoms with Gasteiger partial charge in [-0.25, -0.2) is 13.4 Å². The Morgan fingerprint density at radius 3 is 2.22 bits per heavy atom. The second-order valence-corrected chi connectivity index (χ2v) is 9.57. The molecule has 10 heteroatoms. The zero-order valence-corrected chi connectivity index (χ0v) is 25.5. The zero-order chi connectivity index (χ0) is 24.7. The molecule has 0 aliphatic heterocycles. The van der Waals surface area contributed by atoms with E-state index < -0.39 is 21.0 Å². The summed E-state index contributed by atoms with van der Waals surface area (Å²) in [6.45, 7) is 0. The molecule has 7 nitrogen and oxygen atoms in total. The molecule has 0 spiro atoms. The van der Waals surface area contributed by atoms with Crippen molar-refractivity contribution in [1.82, 2.24) is 4.98 Å². The van der Waals surface area contributed by atoms with Gasteiger partial charge in [0.05, 0.1) is 29.4 Å². The topological polar surface area (TPSA) is 119 Å². The summed E-state index contributed by atoms with van der Waals surface area (Å²) in [7, 11) is -3.46. The molecule has 0 amide bonds. The Labute approximate surface area is 259 Å². The van der Waals surface area contributed by atoms with Crippen molar-refractivity contribution in [3.8, 4) is 39.4 Å². The minimum atomic E-state index is -4.77. The normalized spacial score (nSPS) is 11.8. The molecule has 0 unspecified atom stereocenters. The largest absolute Gasteiger partial charge is 1.00 e. The van der Waals surface area contributed by atoms with E-state index in [0.29, 0.717) is 23.2 Å². The molecule has 37 heavy (non-hydrogen) atoms. The number of benzene rings is 3. The summed E-state index contributed by atoms with van der Waals surface area (Å²) in [5, 5.41) is 11.2. The molecule has 0 N–H and O–H groups in total. The van der Waals surface area contributed by atoms with Crippen molar-refractivity contribution >= 4 is 16.1 Å². The Kier molecular flexibility index (Phi) is 9.42. The maximum Gasteiger partial charge on any atom is 1.00 e. The number of nitrogens with zero attached hydrogens (tertiary/aromatic N) is 1. The van der Waals surface area contributed by atoms with E-state index in [-0.39, 0.29) is 70.4 Å². The summed E-state index contributed by atoms with van der Waals surface area (Å²) >= 11 is 0. The van der Waals surface area contributed by atoms with Crippen molar-refractivity contribution < 1.29 is 86.7 Å². The number of aromatic carboxylic acids is 1. The van der Waals surface area contributed by atoms with Crippen molar-refractivity contribution in [3.05, 3.63) is 89.5 Å². The van der Waals surface area contributed by atoms with Gasteiger partial charge in [-0.2, -0.15) is 0 Å². The van der Waals surface area contributed by atoms with Crippen LogP contribution in [0.15, 0.2) is 77.7 Å². The molecule has 1 heterocycles. The van der Waals surface area contributed by atoms with E-state index in [0.717, 1.165) is 34.4 Å². The number of carbonyl (C=O) groups excluding carboxylic acids is 1. The van der Waals surface area contributed by atoms with Crippen molar-refractivity contribution in [3.63, 3.8) is 0 Å². The number of carboxylic acid groups (broad SMARTS) is 1. The first-order valence-corrected chi connectivity index (χ1v) is 12.3. The third-order valence-corrected chi connectivity index (χ3v) is 7.06. The molecule has 1 aliphatic carbocycles. The molecule has 176 valence electrons. The summed E-state index contributed by atoms with van der Waals surface area (Å²) in [6.07, 6.45) is 1.48. The minimum absolute atomic E-state index is 0. The number of pyridine rings is 1. The third kappa shape index (κ3) is 5.87. The number of methoxy groups -OCH3 is 1. The van der Waals surface area contributed by atoms with Crippen LogP contribution in [0.3, 0.4) is 0 Å². The van der Waals surface area contributed by atoms with Crippen LogP contribution in [-0.4, -0.2) is 31.0 Å². The second kappa shape index (κ2) is 11.8. The number of hydrogen-bond donors (Lipinski definition) is 0. The van der Waals surface area contributed by atoms with Crippen molar-refractivity contribution in [2.75, 3.05) is 7.11 Å². The summed E-state index contributed by atoms with van der Waals surface area (Å²) in [6, 6.07) is 20.5. The summed E-state index contributed by atoms with van der Waals surface area (Å²) in [5.74, 6) is -1.29. The first-order chi connectivity index (χ1) is 16.8. The Bertz CT molecular complexity index is 1590. The average Bonchev–Trinajstić information content (AvgIpc) is 2.87. The Balaban J connectivity index is 0.00000190. The number of fused-ring (bicyclic) bond motifs is 3. The van der Waals surface area contributed by atoms with Gasteiger partial charge in [-0.3, -0.25) is 0 Å². The average molecular weight is 531 g/mol. The van der Waals surface area contributed by atoms with Gasteiger partial charge in [0.25, 0.3) is 0 Å². The van der Waals surface area contributed by atoms with Crippen molar-refractivity contribution in [2.45, 2.75) is 17.7 Å². The number of rotatable bonds is 5. The zero-order valence-electron chi connectivity index (χ0n) is 20.6. The number of carbonyl (C=O) groups is 1. The molecule has 4 aromatic rings. The molecular weight excluding hydrogens is 512 g/mol. The van der Waals surface area contributed by atoms with Crippen LogP contribution >= 0.6 is 0 Å². The Hall–Kier alpha value is -2.01. The summed E-state index contributed by atoms with van der Waals surface area (Å²) in [5.41, 5.74) is 6.47. The second-order valence-electron chi connectivity index (χ2n) is 8.22. The van der Waals surface area contributed by atoms with Crippen LogP contribution in [0, 0.1) is 0 Å². The van der Waals surface area contributed by atoms with Gasteiger partial charge in [-0.05, 0) is 58.9 Å². The van der Waals surface area contributed by atoms with E-state index in [2.05, 4.69) is 6.07 Å². The van der Waals surface area contributed by atoms with Gasteiger partial charge in [0, 0.05) is 11.1 Å². The van der Waals surface area contributed by atoms with E-state index in [1.165, 1.54) is 31.4 Å². The van der Waals surface area contributed by atoms with Crippen LogP contribution in [-0.2, 0) is 23.0 Å². The van der Waals surface area contributed by atoms with Crippen LogP contribution in [0.25, 0.3) is 33.6 Å². The molecular formula is C27H19NNa2O6S. The van der Waals surface area contributed by atoms with E-state index in [4.69, 9.17) is 9.72 Å². The maximum absolute atomic E-state index is 11.9. The van der Waals surface area contributed by atoms with E-state index in [1.807, 2.05) is 24.3 Å². The van der Waals surface area contributed by atoms with Gasteiger partial charge in [0.1, 0.15) is 15.9 Å². The molecule has 0 fully saturated rings. The maximum atomic E-state index is 11.9. The fraction of sp³-hybridized carbons (Fsp3) is 0.111. The molecule has 0 radical (unpaired) electrons. The molecule has 3 aromatic carbocycles. The predicted molar refractivity (Wildman–Crippen MR) is 127 cm³/mol. The number of carboxylic acids is 1. The molecule has 0 saturated carbocycles. The number of hydrogen-bond acceptors (Lipinski definition) is 7. The first kappa shape index (κ1) is 29.5.